The molecule has 1 aliphatic heterocycles. The number of anilines is 1. The lowest BCUT2D eigenvalue weighted by Crippen LogP contribution is -2.52. The van der Waals surface area contributed by atoms with Crippen LogP contribution in [0.3, 0.4) is 0 Å². The van der Waals surface area contributed by atoms with Crippen molar-refractivity contribution >= 4 is 5.82 Å². The van der Waals surface area contributed by atoms with Gasteiger partial charge in [0, 0.05) is 44.6 Å². The van der Waals surface area contributed by atoms with E-state index in [1.165, 1.54) is 5.56 Å². The first-order valence-corrected chi connectivity index (χ1v) is 9.60. The van der Waals surface area contributed by atoms with Crippen LogP contribution < -0.4 is 4.90 Å². The summed E-state index contributed by atoms with van der Waals surface area (Å²) in [5.41, 5.74) is 1.38. The third-order valence-electron chi connectivity index (χ3n) is 5.31. The minimum absolute atomic E-state index is 0.513. The summed E-state index contributed by atoms with van der Waals surface area (Å²) in [7, 11) is 0. The molecule has 0 N–H and O–H groups in total. The summed E-state index contributed by atoms with van der Waals surface area (Å²) in [5.74, 6) is 2.68. The van der Waals surface area contributed by atoms with Crippen molar-refractivity contribution in [1.29, 1.82) is 0 Å². The summed E-state index contributed by atoms with van der Waals surface area (Å²) in [6, 6.07) is 11.2. The Labute approximate surface area is 160 Å². The highest BCUT2D eigenvalue weighted by molar-refractivity contribution is 5.41. The number of hydrogen-bond donors (Lipinski definition) is 0. The zero-order chi connectivity index (χ0) is 18.6. The molecule has 2 aromatic heterocycles. The van der Waals surface area contributed by atoms with Crippen LogP contribution in [0.5, 0.6) is 0 Å². The average Bonchev–Trinajstić information content (AvgIpc) is 3.15. The number of hydrogen-bond acceptors (Lipinski definition) is 5. The Kier molecular flexibility index (Phi) is 5.16. The molecule has 3 aromatic rings. The molecule has 1 fully saturated rings. The van der Waals surface area contributed by atoms with Crippen molar-refractivity contribution < 1.29 is 0 Å². The molecular formula is C21H26N6. The van der Waals surface area contributed by atoms with E-state index < -0.39 is 0 Å². The Balaban J connectivity index is 1.49. The van der Waals surface area contributed by atoms with Crippen molar-refractivity contribution in [3.8, 4) is 5.82 Å². The predicted octanol–water partition coefficient (Wildman–Crippen LogP) is 3.07. The van der Waals surface area contributed by atoms with Crippen LogP contribution in [0.15, 0.2) is 55.1 Å². The summed E-state index contributed by atoms with van der Waals surface area (Å²) in [5, 5.41) is 0. The molecule has 4 rings (SSSR count). The smallest absolute Gasteiger partial charge is 0.159 e. The average molecular weight is 362 g/mol. The molecule has 0 saturated carbocycles. The van der Waals surface area contributed by atoms with E-state index in [9.17, 15) is 0 Å². The van der Waals surface area contributed by atoms with E-state index >= 15 is 0 Å². The maximum Gasteiger partial charge on any atom is 0.159 e. The highest BCUT2D eigenvalue weighted by atomic mass is 15.3. The molecule has 0 spiro atoms. The fraction of sp³-hybridized carbons (Fsp3) is 0.381. The molecule has 6 heteroatoms. The zero-order valence-electron chi connectivity index (χ0n) is 16.0. The van der Waals surface area contributed by atoms with E-state index in [1.54, 1.807) is 12.4 Å². The molecule has 1 saturated heterocycles. The molecular weight excluding hydrogens is 336 g/mol. The minimum atomic E-state index is 0.513. The number of aromatic nitrogens is 4. The monoisotopic (exact) mass is 362 g/mol. The lowest BCUT2D eigenvalue weighted by molar-refractivity contribution is 0.163. The lowest BCUT2D eigenvalue weighted by atomic mass is 10.1. The number of rotatable bonds is 5. The van der Waals surface area contributed by atoms with E-state index in [0.29, 0.717) is 6.04 Å². The van der Waals surface area contributed by atoms with Crippen molar-refractivity contribution in [2.24, 2.45) is 0 Å². The van der Waals surface area contributed by atoms with Gasteiger partial charge in [-0.2, -0.15) is 0 Å². The van der Waals surface area contributed by atoms with Gasteiger partial charge in [0.1, 0.15) is 11.6 Å². The van der Waals surface area contributed by atoms with Gasteiger partial charge in [0.15, 0.2) is 5.82 Å². The topological polar surface area (TPSA) is 50.1 Å². The van der Waals surface area contributed by atoms with Crippen LogP contribution in [0.4, 0.5) is 5.82 Å². The standard InChI is InChI=1S/C21H26N6/c1-3-19-16-26(12-11-25(19)15-18-7-5-4-6-8-18)20-13-22-14-21(24-20)27-10-9-23-17(27)2/h4-10,13-14,19H,3,11-12,15-16H2,1-2H3. The Bertz CT molecular complexity index is 875. The Morgan fingerprint density at radius 1 is 1.07 bits per heavy atom. The van der Waals surface area contributed by atoms with E-state index in [0.717, 1.165) is 50.1 Å². The maximum atomic E-state index is 4.85. The number of aryl methyl sites for hydroxylation is 1. The Hall–Kier alpha value is -2.73. The van der Waals surface area contributed by atoms with E-state index in [4.69, 9.17) is 4.98 Å². The second kappa shape index (κ2) is 7.88. The van der Waals surface area contributed by atoms with Crippen molar-refractivity contribution in [2.45, 2.75) is 32.9 Å². The number of piperazine rings is 1. The van der Waals surface area contributed by atoms with Gasteiger partial charge in [-0.05, 0) is 18.9 Å². The van der Waals surface area contributed by atoms with Crippen molar-refractivity contribution in [1.82, 2.24) is 24.4 Å². The van der Waals surface area contributed by atoms with Gasteiger partial charge in [0.05, 0.1) is 12.4 Å². The zero-order valence-corrected chi connectivity index (χ0v) is 16.0. The van der Waals surface area contributed by atoms with Crippen LogP contribution >= 0.6 is 0 Å². The van der Waals surface area contributed by atoms with Gasteiger partial charge in [-0.25, -0.2) is 9.97 Å². The normalized spacial score (nSPS) is 18.0. The van der Waals surface area contributed by atoms with Crippen molar-refractivity contribution in [3.05, 3.63) is 66.5 Å². The van der Waals surface area contributed by atoms with Gasteiger partial charge in [0.2, 0.25) is 0 Å². The molecule has 1 aromatic carbocycles. The fourth-order valence-corrected chi connectivity index (χ4v) is 3.75. The second-order valence-corrected chi connectivity index (χ2v) is 7.04. The van der Waals surface area contributed by atoms with Crippen LogP contribution in [0.2, 0.25) is 0 Å². The molecule has 6 nitrogen and oxygen atoms in total. The number of imidazole rings is 1. The molecule has 1 aliphatic rings. The third kappa shape index (κ3) is 3.85. The van der Waals surface area contributed by atoms with Crippen LogP contribution in [-0.4, -0.2) is 50.1 Å². The van der Waals surface area contributed by atoms with Gasteiger partial charge in [-0.3, -0.25) is 14.5 Å². The largest absolute Gasteiger partial charge is 0.352 e. The minimum Gasteiger partial charge on any atom is -0.352 e. The predicted molar refractivity (Wildman–Crippen MR) is 107 cm³/mol. The first kappa shape index (κ1) is 17.7. The van der Waals surface area contributed by atoms with E-state index in [-0.39, 0.29) is 0 Å². The van der Waals surface area contributed by atoms with Gasteiger partial charge in [-0.1, -0.05) is 37.3 Å². The van der Waals surface area contributed by atoms with E-state index in [2.05, 4.69) is 57.0 Å². The van der Waals surface area contributed by atoms with Gasteiger partial charge >= 0.3 is 0 Å². The van der Waals surface area contributed by atoms with Crippen molar-refractivity contribution in [3.63, 3.8) is 0 Å². The molecule has 1 atom stereocenters. The van der Waals surface area contributed by atoms with Gasteiger partial charge < -0.3 is 4.90 Å². The molecule has 27 heavy (non-hydrogen) atoms. The quantitative estimate of drug-likeness (QED) is 0.698. The summed E-state index contributed by atoms with van der Waals surface area (Å²) in [6.45, 7) is 8.22. The molecule has 3 heterocycles. The fourth-order valence-electron chi connectivity index (χ4n) is 3.75. The number of nitrogens with zero attached hydrogens (tertiary/aromatic N) is 6. The molecule has 1 unspecified atom stereocenters. The molecule has 140 valence electrons. The second-order valence-electron chi connectivity index (χ2n) is 7.04. The molecule has 0 amide bonds. The first-order valence-electron chi connectivity index (χ1n) is 9.60. The SMILES string of the molecule is CCC1CN(c2cncc(-n3ccnc3C)n2)CCN1Cc1ccccc1. The van der Waals surface area contributed by atoms with Gasteiger partial charge in [-0.15, -0.1) is 0 Å². The first-order chi connectivity index (χ1) is 13.2. The van der Waals surface area contributed by atoms with Crippen LogP contribution in [-0.2, 0) is 6.54 Å². The highest BCUT2D eigenvalue weighted by Crippen LogP contribution is 2.21. The van der Waals surface area contributed by atoms with Gasteiger partial charge in [0.25, 0.3) is 0 Å². The highest BCUT2D eigenvalue weighted by Gasteiger charge is 2.26. The molecule has 0 radical (unpaired) electrons. The summed E-state index contributed by atoms with van der Waals surface area (Å²) in [6.07, 6.45) is 8.50. The summed E-state index contributed by atoms with van der Waals surface area (Å²) in [4.78, 5) is 18.5. The van der Waals surface area contributed by atoms with E-state index in [1.807, 2.05) is 23.9 Å². The lowest BCUT2D eigenvalue weighted by Gasteiger charge is -2.41. The Morgan fingerprint density at radius 2 is 1.89 bits per heavy atom. The summed E-state index contributed by atoms with van der Waals surface area (Å²) < 4.78 is 1.97. The van der Waals surface area contributed by atoms with Crippen molar-refractivity contribution in [2.75, 3.05) is 24.5 Å². The molecule has 0 aliphatic carbocycles. The maximum absolute atomic E-state index is 4.85. The number of benzene rings is 1. The van der Waals surface area contributed by atoms with Crippen LogP contribution in [0.25, 0.3) is 5.82 Å². The van der Waals surface area contributed by atoms with Crippen LogP contribution in [0, 0.1) is 6.92 Å². The summed E-state index contributed by atoms with van der Waals surface area (Å²) >= 11 is 0. The molecule has 0 bridgehead atoms. The Morgan fingerprint density at radius 3 is 2.63 bits per heavy atom. The third-order valence-corrected chi connectivity index (χ3v) is 5.31. The van der Waals surface area contributed by atoms with Crippen LogP contribution in [0.1, 0.15) is 24.7 Å².